The molecule has 0 fully saturated rings. The Morgan fingerprint density at radius 2 is 2.04 bits per heavy atom. The largest absolute Gasteiger partial charge is 0.383 e. The lowest BCUT2D eigenvalue weighted by molar-refractivity contribution is -0.123. The fourth-order valence-electron chi connectivity index (χ4n) is 3.84. The van der Waals surface area contributed by atoms with Gasteiger partial charge in [0.25, 0.3) is 0 Å². The van der Waals surface area contributed by atoms with Gasteiger partial charge in [0.05, 0.1) is 23.3 Å². The molecule has 1 heterocycles. The van der Waals surface area contributed by atoms with Gasteiger partial charge in [-0.3, -0.25) is 15.0 Å². The SMILES string of the molecule is CC(=O)NN1C(N)=C(C#N)C(c2ccc(Cl)cc2Cl)C2=C1CC(C)(C)CC2=O. The first-order valence-corrected chi connectivity index (χ1v) is 9.49. The maximum atomic E-state index is 13.2. The van der Waals surface area contributed by atoms with Gasteiger partial charge >= 0.3 is 0 Å². The molecule has 28 heavy (non-hydrogen) atoms. The Morgan fingerprint density at radius 1 is 1.36 bits per heavy atom. The maximum absolute atomic E-state index is 13.2. The molecule has 0 saturated carbocycles. The number of hydrazine groups is 1. The van der Waals surface area contributed by atoms with Gasteiger partial charge in [-0.2, -0.15) is 5.26 Å². The van der Waals surface area contributed by atoms with Gasteiger partial charge in [0.15, 0.2) is 5.78 Å². The van der Waals surface area contributed by atoms with E-state index in [9.17, 15) is 14.9 Å². The van der Waals surface area contributed by atoms with E-state index in [2.05, 4.69) is 11.5 Å². The van der Waals surface area contributed by atoms with Crippen LogP contribution < -0.4 is 11.2 Å². The van der Waals surface area contributed by atoms with Crippen LogP contribution >= 0.6 is 23.2 Å². The summed E-state index contributed by atoms with van der Waals surface area (Å²) in [5, 5.41) is 12.0. The monoisotopic (exact) mass is 418 g/mol. The summed E-state index contributed by atoms with van der Waals surface area (Å²) in [4.78, 5) is 24.9. The van der Waals surface area contributed by atoms with Crippen LogP contribution in [0.4, 0.5) is 0 Å². The summed E-state index contributed by atoms with van der Waals surface area (Å²) < 4.78 is 0. The second-order valence-corrected chi connectivity index (χ2v) is 8.66. The molecule has 8 heteroatoms. The summed E-state index contributed by atoms with van der Waals surface area (Å²) in [6.07, 6.45) is 0.829. The summed E-state index contributed by atoms with van der Waals surface area (Å²) in [6.45, 7) is 5.30. The number of hydrogen-bond acceptors (Lipinski definition) is 5. The van der Waals surface area contributed by atoms with Crippen molar-refractivity contribution in [2.45, 2.75) is 39.5 Å². The van der Waals surface area contributed by atoms with E-state index in [0.29, 0.717) is 39.7 Å². The minimum absolute atomic E-state index is 0.0815. The van der Waals surface area contributed by atoms with E-state index in [1.54, 1.807) is 18.2 Å². The molecule has 146 valence electrons. The highest BCUT2D eigenvalue weighted by Crippen LogP contribution is 2.49. The van der Waals surface area contributed by atoms with Crippen molar-refractivity contribution >= 4 is 34.9 Å². The van der Waals surface area contributed by atoms with Gasteiger partial charge in [0.1, 0.15) is 5.82 Å². The molecule has 1 aliphatic heterocycles. The number of nitriles is 1. The number of nitrogens with one attached hydrogen (secondary N) is 1. The predicted octanol–water partition coefficient (Wildman–Crippen LogP) is 3.78. The third-order valence-corrected chi connectivity index (χ3v) is 5.49. The van der Waals surface area contributed by atoms with Crippen molar-refractivity contribution in [1.82, 2.24) is 10.4 Å². The lowest BCUT2D eigenvalue weighted by atomic mass is 9.69. The zero-order valence-electron chi connectivity index (χ0n) is 15.8. The highest BCUT2D eigenvalue weighted by molar-refractivity contribution is 6.35. The number of carbonyl (C=O) groups is 2. The van der Waals surface area contributed by atoms with E-state index in [1.165, 1.54) is 11.9 Å². The van der Waals surface area contributed by atoms with E-state index in [-0.39, 0.29) is 28.5 Å². The molecule has 1 amide bonds. The van der Waals surface area contributed by atoms with Crippen LogP contribution in [0.5, 0.6) is 0 Å². The minimum Gasteiger partial charge on any atom is -0.383 e. The van der Waals surface area contributed by atoms with Gasteiger partial charge in [-0.1, -0.05) is 43.1 Å². The van der Waals surface area contributed by atoms with Gasteiger partial charge in [-0.25, -0.2) is 5.01 Å². The smallest absolute Gasteiger partial charge is 0.235 e. The highest BCUT2D eigenvalue weighted by Gasteiger charge is 2.45. The Morgan fingerprint density at radius 3 is 2.61 bits per heavy atom. The molecule has 1 aromatic carbocycles. The zero-order chi connectivity index (χ0) is 20.8. The summed E-state index contributed by atoms with van der Waals surface area (Å²) in [7, 11) is 0. The fourth-order valence-corrected chi connectivity index (χ4v) is 4.36. The van der Waals surface area contributed by atoms with Gasteiger partial charge < -0.3 is 5.73 Å². The van der Waals surface area contributed by atoms with Gasteiger partial charge in [-0.05, 0) is 29.5 Å². The fraction of sp³-hybridized carbons (Fsp3) is 0.350. The average molecular weight is 419 g/mol. The number of benzene rings is 1. The molecule has 2 aliphatic rings. The topological polar surface area (TPSA) is 99.2 Å². The Labute approximate surface area is 173 Å². The number of hydrogen-bond donors (Lipinski definition) is 2. The Hall–Kier alpha value is -2.49. The Kier molecular flexibility index (Phi) is 5.18. The number of allylic oxidation sites excluding steroid dienone is 3. The van der Waals surface area contributed by atoms with Crippen LogP contribution in [0.1, 0.15) is 45.1 Å². The maximum Gasteiger partial charge on any atom is 0.235 e. The quantitative estimate of drug-likeness (QED) is 0.760. The van der Waals surface area contributed by atoms with Crippen molar-refractivity contribution in [2.75, 3.05) is 0 Å². The van der Waals surface area contributed by atoms with Crippen molar-refractivity contribution in [3.8, 4) is 6.07 Å². The molecule has 0 aromatic heterocycles. The van der Waals surface area contributed by atoms with Gasteiger partial charge in [0, 0.05) is 29.0 Å². The first kappa shape index (κ1) is 20.2. The van der Waals surface area contributed by atoms with Crippen LogP contribution in [0.25, 0.3) is 0 Å². The third-order valence-electron chi connectivity index (χ3n) is 4.92. The average Bonchev–Trinajstić information content (AvgIpc) is 2.56. The summed E-state index contributed by atoms with van der Waals surface area (Å²) in [5.74, 6) is -1.08. The number of rotatable bonds is 2. The number of nitrogens with two attached hydrogens (primary N) is 1. The molecule has 0 bridgehead atoms. The van der Waals surface area contributed by atoms with E-state index in [1.807, 2.05) is 13.8 Å². The molecular weight excluding hydrogens is 399 g/mol. The molecular formula is C20H20Cl2N4O2. The lowest BCUT2D eigenvalue weighted by Gasteiger charge is -2.43. The molecule has 6 nitrogen and oxygen atoms in total. The number of halogens is 2. The highest BCUT2D eigenvalue weighted by atomic mass is 35.5. The van der Waals surface area contributed by atoms with Crippen LogP contribution in [0, 0.1) is 16.7 Å². The van der Waals surface area contributed by atoms with Gasteiger partial charge in [0.2, 0.25) is 5.91 Å². The van der Waals surface area contributed by atoms with Crippen molar-refractivity contribution in [3.05, 3.63) is 56.5 Å². The van der Waals surface area contributed by atoms with Crippen molar-refractivity contribution in [2.24, 2.45) is 11.1 Å². The number of amides is 1. The first-order chi connectivity index (χ1) is 13.1. The van der Waals surface area contributed by atoms with E-state index >= 15 is 0 Å². The van der Waals surface area contributed by atoms with Crippen LogP contribution in [-0.4, -0.2) is 16.7 Å². The molecule has 1 aliphatic carbocycles. The van der Waals surface area contributed by atoms with Crippen LogP contribution in [0.3, 0.4) is 0 Å². The van der Waals surface area contributed by atoms with Crippen LogP contribution in [0.2, 0.25) is 10.0 Å². The first-order valence-electron chi connectivity index (χ1n) is 8.74. The number of Topliss-reactive ketones (excluding diaryl/α,β-unsaturated/α-hetero) is 1. The Balaban J connectivity index is 2.30. The molecule has 0 spiro atoms. The van der Waals surface area contributed by atoms with Crippen molar-refractivity contribution in [3.63, 3.8) is 0 Å². The minimum atomic E-state index is -0.710. The van der Waals surface area contributed by atoms with E-state index < -0.39 is 5.92 Å². The van der Waals surface area contributed by atoms with Crippen LogP contribution in [0.15, 0.2) is 40.9 Å². The molecule has 1 atom stereocenters. The third kappa shape index (κ3) is 3.48. The summed E-state index contributed by atoms with van der Waals surface area (Å²) in [5.41, 5.74) is 10.4. The number of nitrogens with zero attached hydrogens (tertiary/aromatic N) is 2. The standard InChI is InChI=1S/C20H20Cl2N4O2/c1-10(27)25-26-15-7-20(2,3)8-16(28)18(15)17(13(9-23)19(26)24)12-5-4-11(21)6-14(12)22/h4-6,17H,7-8,24H2,1-3H3,(H,25,27). The molecule has 0 radical (unpaired) electrons. The number of ketones is 1. The summed E-state index contributed by atoms with van der Waals surface area (Å²) >= 11 is 12.4. The lowest BCUT2D eigenvalue weighted by Crippen LogP contribution is -2.49. The molecule has 1 unspecified atom stereocenters. The van der Waals surface area contributed by atoms with Crippen LogP contribution in [-0.2, 0) is 9.59 Å². The molecule has 0 saturated heterocycles. The normalized spacial score (nSPS) is 21.4. The number of carbonyl (C=O) groups excluding carboxylic acids is 2. The van der Waals surface area contributed by atoms with Gasteiger partial charge in [-0.15, -0.1) is 0 Å². The molecule has 3 rings (SSSR count). The molecule has 1 aromatic rings. The second kappa shape index (κ2) is 7.16. The Bertz CT molecular complexity index is 988. The van der Waals surface area contributed by atoms with E-state index in [4.69, 9.17) is 28.9 Å². The zero-order valence-corrected chi connectivity index (χ0v) is 17.3. The summed E-state index contributed by atoms with van der Waals surface area (Å²) in [6, 6.07) is 7.03. The second-order valence-electron chi connectivity index (χ2n) is 7.81. The van der Waals surface area contributed by atoms with Crippen molar-refractivity contribution in [1.29, 1.82) is 5.26 Å². The van der Waals surface area contributed by atoms with Crippen molar-refractivity contribution < 1.29 is 9.59 Å². The molecule has 3 N–H and O–H groups in total. The predicted molar refractivity (Wildman–Crippen MR) is 107 cm³/mol. The van der Waals surface area contributed by atoms with E-state index in [0.717, 1.165) is 0 Å².